The van der Waals surface area contributed by atoms with Crippen molar-refractivity contribution in [2.24, 2.45) is 5.92 Å². The largest absolute Gasteiger partial charge is 0.497 e. The van der Waals surface area contributed by atoms with Crippen LogP contribution in [0.1, 0.15) is 33.3 Å². The van der Waals surface area contributed by atoms with Gasteiger partial charge in [0.05, 0.1) is 7.11 Å². The Hall–Kier alpha value is -1.02. The normalized spacial score (nSPS) is 11.9. The highest BCUT2D eigenvalue weighted by Crippen LogP contribution is 2.24. The molecule has 0 fully saturated rings. The molecule has 2 heteroatoms. The molecular weight excluding hydrogens is 198 g/mol. The Bertz CT molecular complexity index is 331. The molecule has 0 aliphatic heterocycles. The highest BCUT2D eigenvalue weighted by molar-refractivity contribution is 5.32. The topological polar surface area (TPSA) is 21.3 Å². The van der Waals surface area contributed by atoms with Crippen molar-refractivity contribution >= 4 is 0 Å². The van der Waals surface area contributed by atoms with Crippen LogP contribution in [0.3, 0.4) is 0 Å². The van der Waals surface area contributed by atoms with Gasteiger partial charge in [-0.1, -0.05) is 26.0 Å². The van der Waals surface area contributed by atoms with E-state index in [4.69, 9.17) is 4.74 Å². The van der Waals surface area contributed by atoms with Crippen LogP contribution in [0, 0.1) is 5.92 Å². The van der Waals surface area contributed by atoms with Crippen LogP contribution in [0.2, 0.25) is 0 Å². The molecule has 0 radical (unpaired) electrons. The van der Waals surface area contributed by atoms with Gasteiger partial charge in [0, 0.05) is 5.54 Å². The molecule has 16 heavy (non-hydrogen) atoms. The summed E-state index contributed by atoms with van der Waals surface area (Å²) in [5.74, 6) is 1.57. The van der Waals surface area contributed by atoms with Crippen LogP contribution < -0.4 is 10.1 Å². The Balaban J connectivity index is 2.79. The van der Waals surface area contributed by atoms with E-state index in [0.29, 0.717) is 5.92 Å². The average molecular weight is 221 g/mol. The SMILES string of the molecule is COc1cccc(C(C)(C)NCC(C)C)c1. The summed E-state index contributed by atoms with van der Waals surface area (Å²) in [6.07, 6.45) is 0. The molecule has 0 unspecified atom stereocenters. The molecule has 0 spiro atoms. The fraction of sp³-hybridized carbons (Fsp3) is 0.571. The minimum absolute atomic E-state index is 0.0151. The summed E-state index contributed by atoms with van der Waals surface area (Å²) in [6, 6.07) is 8.23. The third-order valence-electron chi connectivity index (χ3n) is 2.74. The first-order valence-electron chi connectivity index (χ1n) is 5.85. The molecule has 1 aromatic carbocycles. The quantitative estimate of drug-likeness (QED) is 0.824. The molecule has 0 amide bonds. The zero-order chi connectivity index (χ0) is 12.2. The van der Waals surface area contributed by atoms with Gasteiger partial charge in [0.15, 0.2) is 0 Å². The van der Waals surface area contributed by atoms with Crippen LogP contribution in [-0.2, 0) is 5.54 Å². The van der Waals surface area contributed by atoms with Gasteiger partial charge in [-0.05, 0) is 44.0 Å². The molecule has 0 saturated carbocycles. The first-order valence-corrected chi connectivity index (χ1v) is 5.85. The molecule has 1 N–H and O–H groups in total. The molecule has 1 aromatic rings. The standard InChI is InChI=1S/C14H23NO/c1-11(2)10-15-14(3,4)12-7-6-8-13(9-12)16-5/h6-9,11,15H,10H2,1-5H3. The first kappa shape index (κ1) is 13.0. The molecule has 90 valence electrons. The van der Waals surface area contributed by atoms with E-state index in [-0.39, 0.29) is 5.54 Å². The number of rotatable bonds is 5. The Labute approximate surface area is 99.0 Å². The fourth-order valence-electron chi connectivity index (χ4n) is 1.57. The van der Waals surface area contributed by atoms with E-state index in [2.05, 4.69) is 45.1 Å². The van der Waals surface area contributed by atoms with Crippen LogP contribution in [0.15, 0.2) is 24.3 Å². The van der Waals surface area contributed by atoms with E-state index in [1.165, 1.54) is 5.56 Å². The van der Waals surface area contributed by atoms with E-state index >= 15 is 0 Å². The lowest BCUT2D eigenvalue weighted by Gasteiger charge is -2.28. The maximum atomic E-state index is 5.25. The second-order valence-corrected chi connectivity index (χ2v) is 5.13. The third kappa shape index (κ3) is 3.53. The second-order valence-electron chi connectivity index (χ2n) is 5.13. The Morgan fingerprint density at radius 3 is 2.56 bits per heavy atom. The molecule has 0 aliphatic rings. The van der Waals surface area contributed by atoms with E-state index in [0.717, 1.165) is 12.3 Å². The summed E-state index contributed by atoms with van der Waals surface area (Å²) in [5, 5.41) is 3.57. The number of ether oxygens (including phenoxy) is 1. The Kier molecular flexibility index (Phi) is 4.36. The fourth-order valence-corrected chi connectivity index (χ4v) is 1.57. The van der Waals surface area contributed by atoms with Gasteiger partial charge in [-0.15, -0.1) is 0 Å². The highest BCUT2D eigenvalue weighted by atomic mass is 16.5. The average Bonchev–Trinajstić information content (AvgIpc) is 2.27. The highest BCUT2D eigenvalue weighted by Gasteiger charge is 2.20. The van der Waals surface area contributed by atoms with Gasteiger partial charge in [0.25, 0.3) is 0 Å². The summed E-state index contributed by atoms with van der Waals surface area (Å²) in [6.45, 7) is 9.85. The van der Waals surface area contributed by atoms with Crippen molar-refractivity contribution in [1.82, 2.24) is 5.32 Å². The summed E-state index contributed by atoms with van der Waals surface area (Å²) in [4.78, 5) is 0. The van der Waals surface area contributed by atoms with Crippen molar-refractivity contribution in [3.05, 3.63) is 29.8 Å². The number of benzene rings is 1. The predicted octanol–water partition coefficient (Wildman–Crippen LogP) is 3.18. The smallest absolute Gasteiger partial charge is 0.119 e. The van der Waals surface area contributed by atoms with Crippen molar-refractivity contribution in [3.63, 3.8) is 0 Å². The van der Waals surface area contributed by atoms with Gasteiger partial charge in [0.1, 0.15) is 5.75 Å². The van der Waals surface area contributed by atoms with Gasteiger partial charge < -0.3 is 10.1 Å². The summed E-state index contributed by atoms with van der Waals surface area (Å²) in [7, 11) is 1.70. The maximum absolute atomic E-state index is 5.25. The molecular formula is C14H23NO. The molecule has 0 heterocycles. The van der Waals surface area contributed by atoms with Gasteiger partial charge in [-0.2, -0.15) is 0 Å². The van der Waals surface area contributed by atoms with Crippen LogP contribution in [-0.4, -0.2) is 13.7 Å². The predicted molar refractivity (Wildman–Crippen MR) is 68.9 cm³/mol. The van der Waals surface area contributed by atoms with Crippen LogP contribution in [0.4, 0.5) is 0 Å². The number of hydrogen-bond donors (Lipinski definition) is 1. The monoisotopic (exact) mass is 221 g/mol. The number of hydrogen-bond acceptors (Lipinski definition) is 2. The third-order valence-corrected chi connectivity index (χ3v) is 2.74. The summed E-state index contributed by atoms with van der Waals surface area (Å²) in [5.41, 5.74) is 1.24. The van der Waals surface area contributed by atoms with Crippen molar-refractivity contribution in [2.75, 3.05) is 13.7 Å². The number of methoxy groups -OCH3 is 1. The zero-order valence-electron chi connectivity index (χ0n) is 11.0. The van der Waals surface area contributed by atoms with Crippen molar-refractivity contribution < 1.29 is 4.74 Å². The first-order chi connectivity index (χ1) is 7.45. The van der Waals surface area contributed by atoms with E-state index in [1.807, 2.05) is 12.1 Å². The van der Waals surface area contributed by atoms with Crippen LogP contribution in [0.5, 0.6) is 5.75 Å². The van der Waals surface area contributed by atoms with E-state index in [1.54, 1.807) is 7.11 Å². The molecule has 2 nitrogen and oxygen atoms in total. The van der Waals surface area contributed by atoms with Crippen molar-refractivity contribution in [2.45, 2.75) is 33.2 Å². The van der Waals surface area contributed by atoms with Crippen molar-refractivity contribution in [1.29, 1.82) is 0 Å². The van der Waals surface area contributed by atoms with Gasteiger partial charge in [-0.25, -0.2) is 0 Å². The molecule has 0 bridgehead atoms. The molecule has 0 atom stereocenters. The molecule has 0 aromatic heterocycles. The summed E-state index contributed by atoms with van der Waals surface area (Å²) < 4.78 is 5.25. The molecule has 0 saturated heterocycles. The van der Waals surface area contributed by atoms with Gasteiger partial charge in [-0.3, -0.25) is 0 Å². The second kappa shape index (κ2) is 5.35. The molecule has 1 rings (SSSR count). The van der Waals surface area contributed by atoms with Gasteiger partial charge in [0.2, 0.25) is 0 Å². The lowest BCUT2D eigenvalue weighted by molar-refractivity contribution is 0.369. The molecule has 0 aliphatic carbocycles. The van der Waals surface area contributed by atoms with Gasteiger partial charge >= 0.3 is 0 Å². The maximum Gasteiger partial charge on any atom is 0.119 e. The Morgan fingerprint density at radius 1 is 1.31 bits per heavy atom. The van der Waals surface area contributed by atoms with Crippen LogP contribution in [0.25, 0.3) is 0 Å². The minimum Gasteiger partial charge on any atom is -0.497 e. The zero-order valence-corrected chi connectivity index (χ0v) is 11.0. The lowest BCUT2D eigenvalue weighted by atomic mass is 9.93. The van der Waals surface area contributed by atoms with Crippen LogP contribution >= 0.6 is 0 Å². The van der Waals surface area contributed by atoms with E-state index < -0.39 is 0 Å². The Morgan fingerprint density at radius 2 is 2.00 bits per heavy atom. The summed E-state index contributed by atoms with van der Waals surface area (Å²) >= 11 is 0. The van der Waals surface area contributed by atoms with Crippen molar-refractivity contribution in [3.8, 4) is 5.75 Å². The lowest BCUT2D eigenvalue weighted by Crippen LogP contribution is -2.38. The number of nitrogens with one attached hydrogen (secondary N) is 1. The van der Waals surface area contributed by atoms with E-state index in [9.17, 15) is 0 Å². The minimum atomic E-state index is -0.0151.